The second-order valence-electron chi connectivity index (χ2n) is 6.42. The van der Waals surface area contributed by atoms with Gasteiger partial charge in [0.1, 0.15) is 0 Å². The van der Waals surface area contributed by atoms with E-state index in [0.29, 0.717) is 16.1 Å². The summed E-state index contributed by atoms with van der Waals surface area (Å²) < 4.78 is 2.23. The van der Waals surface area contributed by atoms with Gasteiger partial charge in [-0.1, -0.05) is 36.4 Å². The molecule has 0 spiro atoms. The first-order valence-corrected chi connectivity index (χ1v) is 9.37. The molecule has 0 bridgehead atoms. The molecule has 1 aliphatic heterocycles. The lowest BCUT2D eigenvalue weighted by molar-refractivity contribution is -0.115. The first-order chi connectivity index (χ1) is 12.6. The quantitative estimate of drug-likeness (QED) is 0.659. The van der Waals surface area contributed by atoms with Gasteiger partial charge in [-0.3, -0.25) is 4.79 Å². The van der Waals surface area contributed by atoms with E-state index in [4.69, 9.17) is 0 Å². The molecule has 26 heavy (non-hydrogen) atoms. The van der Waals surface area contributed by atoms with Gasteiger partial charge in [-0.2, -0.15) is 0 Å². The van der Waals surface area contributed by atoms with E-state index in [2.05, 4.69) is 47.1 Å². The largest absolute Gasteiger partial charge is 0.344 e. The Hall–Kier alpha value is -2.79. The maximum atomic E-state index is 12.4. The third kappa shape index (κ3) is 3.18. The van der Waals surface area contributed by atoms with Crippen LogP contribution in [0.5, 0.6) is 0 Å². The van der Waals surface area contributed by atoms with Crippen molar-refractivity contribution < 1.29 is 4.79 Å². The average Bonchev–Trinajstić information content (AvgIpc) is 3.17. The number of nitrogens with zero attached hydrogens (tertiary/aromatic N) is 2. The normalized spacial score (nSPS) is 17.6. The zero-order valence-electron chi connectivity index (χ0n) is 14.6. The summed E-state index contributed by atoms with van der Waals surface area (Å²) in [5, 5.41) is 4.61. The van der Waals surface area contributed by atoms with E-state index in [1.54, 1.807) is 0 Å². The van der Waals surface area contributed by atoms with Crippen molar-refractivity contribution >= 4 is 45.5 Å². The van der Waals surface area contributed by atoms with Gasteiger partial charge in [0.25, 0.3) is 5.91 Å². The van der Waals surface area contributed by atoms with E-state index >= 15 is 0 Å². The zero-order valence-corrected chi connectivity index (χ0v) is 15.5. The number of hydrogen-bond donors (Lipinski definition) is 1. The standard InChI is InChI=1S/C21H19N3OS/c1-14(2)24-13-15(17-10-6-7-11-18(17)24)12-19-20(25)23-21(26-19)22-16-8-4-3-5-9-16/h3-14H,1-2H3,(H,22,23,25)/b19-12-. The molecule has 0 atom stereocenters. The molecule has 2 aromatic carbocycles. The number of nitrogens with one attached hydrogen (secondary N) is 1. The number of carbonyl (C=O) groups excluding carboxylic acids is 1. The van der Waals surface area contributed by atoms with Crippen LogP contribution in [-0.2, 0) is 4.79 Å². The van der Waals surface area contributed by atoms with Crippen LogP contribution in [-0.4, -0.2) is 15.6 Å². The Bertz CT molecular complexity index is 1030. The van der Waals surface area contributed by atoms with Gasteiger partial charge in [0.15, 0.2) is 5.17 Å². The van der Waals surface area contributed by atoms with Crippen molar-refractivity contribution in [3.63, 3.8) is 0 Å². The molecular weight excluding hydrogens is 342 g/mol. The van der Waals surface area contributed by atoms with Crippen LogP contribution < -0.4 is 5.32 Å². The Morgan fingerprint density at radius 2 is 1.81 bits per heavy atom. The number of thioether (sulfide) groups is 1. The van der Waals surface area contributed by atoms with Crippen molar-refractivity contribution in [2.45, 2.75) is 19.9 Å². The van der Waals surface area contributed by atoms with Gasteiger partial charge < -0.3 is 9.88 Å². The van der Waals surface area contributed by atoms with E-state index < -0.39 is 0 Å². The Labute approximate surface area is 156 Å². The van der Waals surface area contributed by atoms with Crippen LogP contribution in [0.3, 0.4) is 0 Å². The lowest BCUT2D eigenvalue weighted by atomic mass is 10.1. The van der Waals surface area contributed by atoms with Crippen LogP contribution in [0.1, 0.15) is 25.5 Å². The number of amidine groups is 1. The number of fused-ring (bicyclic) bond motifs is 1. The monoisotopic (exact) mass is 361 g/mol. The molecule has 0 aliphatic carbocycles. The fourth-order valence-electron chi connectivity index (χ4n) is 3.02. The van der Waals surface area contributed by atoms with Crippen molar-refractivity contribution in [2.75, 3.05) is 0 Å². The number of benzene rings is 2. The first-order valence-electron chi connectivity index (χ1n) is 8.56. The number of carbonyl (C=O) groups is 1. The number of aromatic nitrogens is 1. The van der Waals surface area contributed by atoms with E-state index in [0.717, 1.165) is 16.6 Å². The number of rotatable bonds is 3. The minimum Gasteiger partial charge on any atom is -0.344 e. The summed E-state index contributed by atoms with van der Waals surface area (Å²) in [7, 11) is 0. The first kappa shape index (κ1) is 16.7. The maximum absolute atomic E-state index is 12.4. The Morgan fingerprint density at radius 1 is 1.08 bits per heavy atom. The Balaban J connectivity index is 1.70. The van der Waals surface area contributed by atoms with Crippen molar-refractivity contribution in [3.8, 4) is 0 Å². The highest BCUT2D eigenvalue weighted by Crippen LogP contribution is 2.31. The van der Waals surface area contributed by atoms with E-state index in [-0.39, 0.29) is 5.91 Å². The molecule has 1 N–H and O–H groups in total. The van der Waals surface area contributed by atoms with E-state index in [9.17, 15) is 4.79 Å². The van der Waals surface area contributed by atoms with Gasteiger partial charge in [0.05, 0.1) is 10.6 Å². The van der Waals surface area contributed by atoms with Gasteiger partial charge >= 0.3 is 0 Å². The average molecular weight is 361 g/mol. The lowest BCUT2D eigenvalue weighted by Crippen LogP contribution is -2.19. The number of hydrogen-bond acceptors (Lipinski definition) is 3. The number of para-hydroxylation sites is 2. The second-order valence-corrected chi connectivity index (χ2v) is 7.45. The summed E-state index contributed by atoms with van der Waals surface area (Å²) >= 11 is 1.38. The smallest absolute Gasteiger partial charge is 0.264 e. The summed E-state index contributed by atoms with van der Waals surface area (Å²) in [4.78, 5) is 17.5. The number of aliphatic imine (C=N–C) groups is 1. The van der Waals surface area contributed by atoms with Crippen molar-refractivity contribution in [3.05, 3.63) is 71.3 Å². The lowest BCUT2D eigenvalue weighted by Gasteiger charge is -2.08. The molecule has 2 heterocycles. The summed E-state index contributed by atoms with van der Waals surface area (Å²) in [5.41, 5.74) is 3.05. The molecule has 1 aliphatic rings. The summed E-state index contributed by atoms with van der Waals surface area (Å²) in [6, 6.07) is 18.3. The van der Waals surface area contributed by atoms with Gasteiger partial charge in [-0.25, -0.2) is 4.99 Å². The molecule has 4 rings (SSSR count). The van der Waals surface area contributed by atoms with Gasteiger partial charge in [-0.15, -0.1) is 0 Å². The van der Waals surface area contributed by atoms with Crippen molar-refractivity contribution in [1.29, 1.82) is 0 Å². The second kappa shape index (κ2) is 6.84. The van der Waals surface area contributed by atoms with Crippen LogP contribution in [0.2, 0.25) is 0 Å². The molecular formula is C21H19N3OS. The molecule has 4 nitrogen and oxygen atoms in total. The summed E-state index contributed by atoms with van der Waals surface area (Å²) in [5.74, 6) is -0.106. The highest BCUT2D eigenvalue weighted by atomic mass is 32.2. The third-order valence-electron chi connectivity index (χ3n) is 4.25. The molecule has 5 heteroatoms. The van der Waals surface area contributed by atoms with E-state index in [1.807, 2.05) is 48.5 Å². The summed E-state index contributed by atoms with van der Waals surface area (Å²) in [6.07, 6.45) is 4.07. The third-order valence-corrected chi connectivity index (χ3v) is 5.16. The molecule has 0 unspecified atom stereocenters. The van der Waals surface area contributed by atoms with Gasteiger partial charge in [0, 0.05) is 28.7 Å². The van der Waals surface area contributed by atoms with Crippen molar-refractivity contribution in [1.82, 2.24) is 9.88 Å². The molecule has 1 saturated heterocycles. The predicted molar refractivity (Wildman–Crippen MR) is 110 cm³/mol. The van der Waals surface area contributed by atoms with Crippen LogP contribution in [0.4, 0.5) is 5.69 Å². The molecule has 130 valence electrons. The van der Waals surface area contributed by atoms with Gasteiger partial charge in [0.2, 0.25) is 0 Å². The maximum Gasteiger partial charge on any atom is 0.264 e. The Morgan fingerprint density at radius 3 is 2.58 bits per heavy atom. The molecule has 3 aromatic rings. The molecule has 0 saturated carbocycles. The van der Waals surface area contributed by atoms with Gasteiger partial charge in [-0.05, 0) is 49.9 Å². The van der Waals surface area contributed by atoms with Crippen LogP contribution >= 0.6 is 11.8 Å². The SMILES string of the molecule is CC(C)n1cc(/C=C2\SC(=Nc3ccccc3)NC2=O)c2ccccc21. The van der Waals surface area contributed by atoms with Crippen LogP contribution in [0, 0.1) is 0 Å². The zero-order chi connectivity index (χ0) is 18.1. The highest BCUT2D eigenvalue weighted by Gasteiger charge is 2.24. The fourth-order valence-corrected chi connectivity index (χ4v) is 3.85. The molecule has 0 radical (unpaired) electrons. The number of amides is 1. The molecule has 1 aromatic heterocycles. The Kier molecular flexibility index (Phi) is 4.39. The minimum absolute atomic E-state index is 0.106. The fraction of sp³-hybridized carbons (Fsp3) is 0.143. The summed E-state index contributed by atoms with van der Waals surface area (Å²) in [6.45, 7) is 4.32. The molecule has 1 fully saturated rings. The van der Waals surface area contributed by atoms with Crippen LogP contribution in [0.25, 0.3) is 17.0 Å². The molecule has 1 amide bonds. The predicted octanol–water partition coefficient (Wildman–Crippen LogP) is 5.11. The minimum atomic E-state index is -0.106. The highest BCUT2D eigenvalue weighted by molar-refractivity contribution is 8.18. The van der Waals surface area contributed by atoms with Crippen molar-refractivity contribution in [2.24, 2.45) is 4.99 Å². The van der Waals surface area contributed by atoms with E-state index in [1.165, 1.54) is 17.3 Å². The van der Waals surface area contributed by atoms with Crippen LogP contribution in [0.15, 0.2) is 70.7 Å². The topological polar surface area (TPSA) is 46.4 Å².